The van der Waals surface area contributed by atoms with Gasteiger partial charge in [-0.3, -0.25) is 0 Å². The van der Waals surface area contributed by atoms with E-state index in [1.807, 2.05) is 0 Å². The van der Waals surface area contributed by atoms with Gasteiger partial charge in [-0.2, -0.15) is 0 Å². The minimum absolute atomic E-state index is 0.867. The summed E-state index contributed by atoms with van der Waals surface area (Å²) in [4.78, 5) is 2.76. The Morgan fingerprint density at radius 1 is 1.00 bits per heavy atom. The van der Waals surface area contributed by atoms with Gasteiger partial charge in [0.25, 0.3) is 0 Å². The summed E-state index contributed by atoms with van der Waals surface area (Å²) >= 11 is 0. The van der Waals surface area contributed by atoms with Gasteiger partial charge in [-0.1, -0.05) is 19.3 Å². The molecule has 2 unspecified atom stereocenters. The molecule has 2 heteroatoms. The van der Waals surface area contributed by atoms with Crippen molar-refractivity contribution in [2.75, 3.05) is 19.6 Å². The van der Waals surface area contributed by atoms with Crippen molar-refractivity contribution in [1.29, 1.82) is 0 Å². The smallest absolute Gasteiger partial charge is 0.0124 e. The van der Waals surface area contributed by atoms with E-state index >= 15 is 0 Å². The Labute approximate surface area is 94.2 Å². The first-order valence-corrected chi connectivity index (χ1v) is 6.86. The lowest BCUT2D eigenvalue weighted by atomic mass is 9.85. The van der Waals surface area contributed by atoms with Crippen LogP contribution >= 0.6 is 0 Å². The maximum absolute atomic E-state index is 5.52. The fourth-order valence-electron chi connectivity index (χ4n) is 3.42. The fraction of sp³-hybridized carbons (Fsp3) is 1.00. The Bertz CT molecular complexity index is 181. The lowest BCUT2D eigenvalue weighted by molar-refractivity contribution is 0.180. The van der Waals surface area contributed by atoms with Crippen LogP contribution in [0.1, 0.15) is 51.4 Å². The summed E-state index contributed by atoms with van der Waals surface area (Å²) in [5.41, 5.74) is 5.52. The van der Waals surface area contributed by atoms with Gasteiger partial charge in [0.15, 0.2) is 0 Å². The molecule has 2 N–H and O–H groups in total. The molecule has 2 aliphatic rings. The van der Waals surface area contributed by atoms with Crippen LogP contribution in [-0.4, -0.2) is 30.6 Å². The highest BCUT2D eigenvalue weighted by molar-refractivity contribution is 4.89. The van der Waals surface area contributed by atoms with Gasteiger partial charge in [-0.05, 0) is 57.7 Å². The average Bonchev–Trinajstić information content (AvgIpc) is 2.68. The van der Waals surface area contributed by atoms with Crippen molar-refractivity contribution in [3.63, 3.8) is 0 Å². The molecule has 0 amide bonds. The third kappa shape index (κ3) is 2.94. The van der Waals surface area contributed by atoms with E-state index in [2.05, 4.69) is 4.90 Å². The molecule has 1 saturated carbocycles. The van der Waals surface area contributed by atoms with Crippen molar-refractivity contribution in [2.45, 2.75) is 57.4 Å². The minimum atomic E-state index is 0.867. The van der Waals surface area contributed by atoms with Crippen molar-refractivity contribution >= 4 is 0 Å². The molecule has 88 valence electrons. The second-order valence-corrected chi connectivity index (χ2v) is 5.29. The first kappa shape index (κ1) is 11.4. The number of hydrogen-bond donors (Lipinski definition) is 1. The molecule has 1 aliphatic heterocycles. The Balaban J connectivity index is 1.69. The molecule has 0 radical (unpaired) electrons. The van der Waals surface area contributed by atoms with Gasteiger partial charge < -0.3 is 10.6 Å². The molecule has 0 aromatic heterocycles. The highest BCUT2D eigenvalue weighted by Crippen LogP contribution is 2.36. The quantitative estimate of drug-likeness (QED) is 0.706. The van der Waals surface area contributed by atoms with E-state index in [0.29, 0.717) is 0 Å². The van der Waals surface area contributed by atoms with E-state index in [-0.39, 0.29) is 0 Å². The first-order chi connectivity index (χ1) is 7.42. The van der Waals surface area contributed by atoms with Crippen molar-refractivity contribution < 1.29 is 0 Å². The van der Waals surface area contributed by atoms with Gasteiger partial charge in [0.05, 0.1) is 0 Å². The molecule has 0 bridgehead atoms. The third-order valence-electron chi connectivity index (χ3n) is 4.27. The van der Waals surface area contributed by atoms with Crippen LogP contribution in [0.5, 0.6) is 0 Å². The summed E-state index contributed by atoms with van der Waals surface area (Å²) in [6.07, 6.45) is 11.3. The Morgan fingerprint density at radius 3 is 2.73 bits per heavy atom. The van der Waals surface area contributed by atoms with Crippen LogP contribution in [0.2, 0.25) is 0 Å². The van der Waals surface area contributed by atoms with Crippen molar-refractivity contribution in [3.05, 3.63) is 0 Å². The number of hydrogen-bond acceptors (Lipinski definition) is 2. The molecular weight excluding hydrogens is 184 g/mol. The molecule has 0 aromatic rings. The number of nitrogens with zero attached hydrogens (tertiary/aromatic N) is 1. The summed E-state index contributed by atoms with van der Waals surface area (Å²) in [6.45, 7) is 3.57. The molecular formula is C13H26N2. The number of nitrogens with two attached hydrogens (primary N) is 1. The lowest BCUT2D eigenvalue weighted by Crippen LogP contribution is -2.35. The standard InChI is InChI=1S/C13H26N2/c14-9-4-1-5-10-15-11-8-12-6-2-3-7-13(12)15/h12-13H,1-11,14H2. The van der Waals surface area contributed by atoms with Crippen LogP contribution in [0.25, 0.3) is 0 Å². The summed E-state index contributed by atoms with van der Waals surface area (Å²) in [7, 11) is 0. The summed E-state index contributed by atoms with van der Waals surface area (Å²) in [5.74, 6) is 1.05. The second kappa shape index (κ2) is 5.86. The number of likely N-dealkylation sites (tertiary alicyclic amines) is 1. The van der Waals surface area contributed by atoms with E-state index in [9.17, 15) is 0 Å². The SMILES string of the molecule is NCCCCCN1CCC2CCCCC21. The van der Waals surface area contributed by atoms with E-state index in [4.69, 9.17) is 5.73 Å². The zero-order chi connectivity index (χ0) is 10.5. The molecule has 15 heavy (non-hydrogen) atoms. The van der Waals surface area contributed by atoms with Gasteiger partial charge in [-0.15, -0.1) is 0 Å². The Morgan fingerprint density at radius 2 is 1.87 bits per heavy atom. The van der Waals surface area contributed by atoms with Crippen LogP contribution in [0, 0.1) is 5.92 Å². The van der Waals surface area contributed by atoms with Crippen LogP contribution in [0.3, 0.4) is 0 Å². The van der Waals surface area contributed by atoms with Crippen molar-refractivity contribution in [1.82, 2.24) is 4.90 Å². The molecule has 1 heterocycles. The topological polar surface area (TPSA) is 29.3 Å². The van der Waals surface area contributed by atoms with E-state index in [1.54, 1.807) is 0 Å². The third-order valence-corrected chi connectivity index (χ3v) is 4.27. The van der Waals surface area contributed by atoms with Gasteiger partial charge in [0.1, 0.15) is 0 Å². The normalized spacial score (nSPS) is 31.8. The predicted octanol–water partition coefficient (Wildman–Crippen LogP) is 2.38. The van der Waals surface area contributed by atoms with Crippen LogP contribution in [-0.2, 0) is 0 Å². The first-order valence-electron chi connectivity index (χ1n) is 6.86. The van der Waals surface area contributed by atoms with Crippen molar-refractivity contribution in [2.24, 2.45) is 11.7 Å². The number of unbranched alkanes of at least 4 members (excludes halogenated alkanes) is 2. The predicted molar refractivity (Wildman–Crippen MR) is 64.8 cm³/mol. The number of rotatable bonds is 5. The van der Waals surface area contributed by atoms with Crippen LogP contribution < -0.4 is 5.73 Å². The molecule has 0 aromatic carbocycles. The number of fused-ring (bicyclic) bond motifs is 1. The highest BCUT2D eigenvalue weighted by Gasteiger charge is 2.34. The molecule has 2 nitrogen and oxygen atoms in total. The zero-order valence-corrected chi connectivity index (χ0v) is 9.96. The maximum Gasteiger partial charge on any atom is 0.0124 e. The largest absolute Gasteiger partial charge is 0.330 e. The van der Waals surface area contributed by atoms with Gasteiger partial charge in [0.2, 0.25) is 0 Å². The van der Waals surface area contributed by atoms with Gasteiger partial charge in [-0.25, -0.2) is 0 Å². The molecule has 2 fully saturated rings. The molecule has 2 atom stereocenters. The summed E-state index contributed by atoms with van der Waals surface area (Å²) in [5, 5.41) is 0. The summed E-state index contributed by atoms with van der Waals surface area (Å²) < 4.78 is 0. The summed E-state index contributed by atoms with van der Waals surface area (Å²) in [6, 6.07) is 0.955. The lowest BCUT2D eigenvalue weighted by Gasteiger charge is -2.31. The maximum atomic E-state index is 5.52. The fourth-order valence-corrected chi connectivity index (χ4v) is 3.42. The Hall–Kier alpha value is -0.0800. The molecule has 1 aliphatic carbocycles. The Kier molecular flexibility index (Phi) is 4.45. The minimum Gasteiger partial charge on any atom is -0.330 e. The van der Waals surface area contributed by atoms with E-state index in [1.165, 1.54) is 64.5 Å². The van der Waals surface area contributed by atoms with Gasteiger partial charge >= 0.3 is 0 Å². The average molecular weight is 210 g/mol. The van der Waals surface area contributed by atoms with Crippen LogP contribution in [0.15, 0.2) is 0 Å². The molecule has 0 spiro atoms. The van der Waals surface area contributed by atoms with Crippen molar-refractivity contribution in [3.8, 4) is 0 Å². The molecule has 2 rings (SSSR count). The highest BCUT2D eigenvalue weighted by atomic mass is 15.2. The zero-order valence-electron chi connectivity index (χ0n) is 9.96. The van der Waals surface area contributed by atoms with Crippen LogP contribution in [0.4, 0.5) is 0 Å². The van der Waals surface area contributed by atoms with E-state index in [0.717, 1.165) is 18.5 Å². The second-order valence-electron chi connectivity index (χ2n) is 5.29. The molecule has 1 saturated heterocycles. The van der Waals surface area contributed by atoms with E-state index < -0.39 is 0 Å². The van der Waals surface area contributed by atoms with Gasteiger partial charge in [0, 0.05) is 6.04 Å². The monoisotopic (exact) mass is 210 g/mol.